The van der Waals surface area contributed by atoms with Crippen molar-refractivity contribution in [2.45, 2.75) is 322 Å². The molecule has 0 amide bonds. The maximum absolute atomic E-state index is 12.9. The molecule has 0 heterocycles. The summed E-state index contributed by atoms with van der Waals surface area (Å²) < 4.78 is 17.0. The summed E-state index contributed by atoms with van der Waals surface area (Å²) in [5, 5.41) is 0. The van der Waals surface area contributed by atoms with Gasteiger partial charge in [0.1, 0.15) is 13.2 Å². The molecule has 0 aliphatic heterocycles. The Morgan fingerprint density at radius 1 is 0.266 bits per heavy atom. The zero-order chi connectivity index (χ0) is 57.1. The van der Waals surface area contributed by atoms with Crippen molar-refractivity contribution >= 4 is 17.9 Å². The Morgan fingerprint density at radius 3 is 0.772 bits per heavy atom. The SMILES string of the molecule is CC/C=C\C/C=C\C/C=C\C/C=C\CCCCCCCCCCCCC(=O)OCC(COC(=O)CCCCCCC/C=C\C/C=C\C/C=C\CC)OC(=O)CCCCCCCCCCCCC/C=C\C/C=C\CCCCCCC. The zero-order valence-corrected chi connectivity index (χ0v) is 51.9. The number of hydrogen-bond donors (Lipinski definition) is 0. The molecule has 0 N–H and O–H groups in total. The summed E-state index contributed by atoms with van der Waals surface area (Å²) in [5.41, 5.74) is 0. The first-order valence-corrected chi connectivity index (χ1v) is 33.4. The van der Waals surface area contributed by atoms with E-state index in [1.165, 1.54) is 148 Å². The van der Waals surface area contributed by atoms with Gasteiger partial charge in [0.2, 0.25) is 0 Å². The van der Waals surface area contributed by atoms with Gasteiger partial charge in [-0.3, -0.25) is 14.4 Å². The fourth-order valence-corrected chi connectivity index (χ4v) is 9.30. The second kappa shape index (κ2) is 66.6. The topological polar surface area (TPSA) is 78.9 Å². The van der Waals surface area contributed by atoms with Crippen LogP contribution in [-0.4, -0.2) is 37.2 Å². The fourth-order valence-electron chi connectivity index (χ4n) is 9.30. The first kappa shape index (κ1) is 75.1. The van der Waals surface area contributed by atoms with E-state index in [1.54, 1.807) is 0 Å². The van der Waals surface area contributed by atoms with Gasteiger partial charge in [0, 0.05) is 19.3 Å². The third-order valence-corrected chi connectivity index (χ3v) is 14.2. The molecule has 0 aliphatic carbocycles. The third-order valence-electron chi connectivity index (χ3n) is 14.2. The van der Waals surface area contributed by atoms with Gasteiger partial charge in [0.15, 0.2) is 6.10 Å². The van der Waals surface area contributed by atoms with Crippen molar-refractivity contribution in [2.24, 2.45) is 0 Å². The molecule has 1 unspecified atom stereocenters. The molecule has 0 aromatic rings. The lowest BCUT2D eigenvalue weighted by Crippen LogP contribution is -2.30. The number of hydrogen-bond acceptors (Lipinski definition) is 6. The Morgan fingerprint density at radius 2 is 0.494 bits per heavy atom. The van der Waals surface area contributed by atoms with Gasteiger partial charge in [-0.15, -0.1) is 0 Å². The van der Waals surface area contributed by atoms with Gasteiger partial charge < -0.3 is 14.2 Å². The molecule has 1 atom stereocenters. The summed E-state index contributed by atoms with van der Waals surface area (Å²) in [5.74, 6) is -0.900. The number of esters is 3. The summed E-state index contributed by atoms with van der Waals surface area (Å²) in [7, 11) is 0. The molecular weight excluding hydrogens is 973 g/mol. The van der Waals surface area contributed by atoms with Crippen LogP contribution in [-0.2, 0) is 28.6 Å². The zero-order valence-electron chi connectivity index (χ0n) is 51.9. The first-order valence-electron chi connectivity index (χ1n) is 33.4. The van der Waals surface area contributed by atoms with Crippen LogP contribution in [0.3, 0.4) is 0 Å². The van der Waals surface area contributed by atoms with E-state index in [2.05, 4.69) is 130 Å². The van der Waals surface area contributed by atoms with Crippen LogP contribution in [0.1, 0.15) is 316 Å². The van der Waals surface area contributed by atoms with Crippen molar-refractivity contribution < 1.29 is 28.6 Å². The second-order valence-electron chi connectivity index (χ2n) is 22.0. The Labute approximate surface area is 489 Å². The van der Waals surface area contributed by atoms with Crippen molar-refractivity contribution in [2.75, 3.05) is 13.2 Å². The lowest BCUT2D eigenvalue weighted by Gasteiger charge is -2.18. The number of unbranched alkanes of at least 4 members (excludes halogenated alkanes) is 31. The highest BCUT2D eigenvalue weighted by Crippen LogP contribution is 2.16. The monoisotopic (exact) mass is 1100 g/mol. The van der Waals surface area contributed by atoms with Crippen LogP contribution in [0.2, 0.25) is 0 Å². The van der Waals surface area contributed by atoms with Crippen molar-refractivity contribution in [1.29, 1.82) is 0 Å². The van der Waals surface area contributed by atoms with E-state index < -0.39 is 6.10 Å². The molecule has 0 bridgehead atoms. The molecule has 0 rings (SSSR count). The van der Waals surface area contributed by atoms with E-state index in [-0.39, 0.29) is 31.1 Å². The number of carbonyl (C=O) groups excluding carboxylic acids is 3. The Bertz CT molecular complexity index is 1590. The first-order chi connectivity index (χ1) is 39.0. The van der Waals surface area contributed by atoms with E-state index in [4.69, 9.17) is 14.2 Å². The molecule has 0 saturated heterocycles. The largest absolute Gasteiger partial charge is 0.462 e. The highest BCUT2D eigenvalue weighted by atomic mass is 16.6. The maximum atomic E-state index is 12.9. The van der Waals surface area contributed by atoms with Crippen LogP contribution < -0.4 is 0 Å². The standard InChI is InChI=1S/C73H124O6/c1-4-7-10-13-16-19-22-25-28-30-32-34-36-38-40-42-45-48-51-54-57-60-63-66-72(75)78-69-70(68-77-71(74)65-62-59-56-53-50-47-44-27-24-21-18-15-12-9-6-3)79-73(76)67-64-61-58-55-52-49-46-43-41-39-37-35-33-31-29-26-23-20-17-14-11-8-5-2/h7,9-10,12,16,18-19,21,23,25-28,31-34,44,70H,4-6,8,11,13-15,17,20,22,24,29-30,35-43,45-69H2,1-3H3/b10-7-,12-9-,19-16-,21-18-,26-23-,28-25-,33-31-,34-32-,44-27-. The molecule has 0 aromatic carbocycles. The number of allylic oxidation sites excluding steroid dienone is 18. The minimum absolute atomic E-state index is 0.0867. The second-order valence-corrected chi connectivity index (χ2v) is 22.0. The molecule has 0 aromatic heterocycles. The van der Waals surface area contributed by atoms with Gasteiger partial charge >= 0.3 is 17.9 Å². The van der Waals surface area contributed by atoms with Gasteiger partial charge in [-0.25, -0.2) is 0 Å². The van der Waals surface area contributed by atoms with Crippen LogP contribution in [0.5, 0.6) is 0 Å². The molecule has 0 aliphatic rings. The van der Waals surface area contributed by atoms with Gasteiger partial charge in [0.05, 0.1) is 0 Å². The minimum Gasteiger partial charge on any atom is -0.462 e. The predicted octanol–water partition coefficient (Wildman–Crippen LogP) is 23.0. The molecule has 6 nitrogen and oxygen atoms in total. The van der Waals surface area contributed by atoms with Gasteiger partial charge in [-0.1, -0.05) is 284 Å². The fraction of sp³-hybridized carbons (Fsp3) is 0.712. The lowest BCUT2D eigenvalue weighted by molar-refractivity contribution is -0.167. The van der Waals surface area contributed by atoms with E-state index in [9.17, 15) is 14.4 Å². The predicted molar refractivity (Wildman–Crippen MR) is 343 cm³/mol. The Kier molecular flexibility index (Phi) is 63.3. The van der Waals surface area contributed by atoms with Crippen LogP contribution in [0.15, 0.2) is 109 Å². The maximum Gasteiger partial charge on any atom is 0.306 e. The van der Waals surface area contributed by atoms with E-state index in [0.29, 0.717) is 19.3 Å². The van der Waals surface area contributed by atoms with Crippen LogP contribution in [0, 0.1) is 0 Å². The summed E-state index contributed by atoms with van der Waals surface area (Å²) in [6.07, 6.45) is 91.0. The Balaban J connectivity index is 4.37. The average molecular weight is 1100 g/mol. The van der Waals surface area contributed by atoms with Crippen molar-refractivity contribution in [3.8, 4) is 0 Å². The lowest BCUT2D eigenvalue weighted by atomic mass is 10.0. The van der Waals surface area contributed by atoms with E-state index in [1.807, 2.05) is 0 Å². The summed E-state index contributed by atoms with van der Waals surface area (Å²) in [6.45, 7) is 6.42. The molecule has 0 fully saturated rings. The quantitative estimate of drug-likeness (QED) is 0.0261. The van der Waals surface area contributed by atoms with Crippen molar-refractivity contribution in [1.82, 2.24) is 0 Å². The number of ether oxygens (including phenoxy) is 3. The number of rotatable bonds is 60. The summed E-state index contributed by atoms with van der Waals surface area (Å²) in [4.78, 5) is 38.4. The Hall–Kier alpha value is -3.93. The van der Waals surface area contributed by atoms with Gasteiger partial charge in [-0.05, 0) is 122 Å². The molecule has 79 heavy (non-hydrogen) atoms. The van der Waals surface area contributed by atoms with Crippen LogP contribution in [0.25, 0.3) is 0 Å². The molecule has 0 radical (unpaired) electrons. The summed E-state index contributed by atoms with van der Waals surface area (Å²) >= 11 is 0. The average Bonchev–Trinajstić information content (AvgIpc) is 3.45. The van der Waals surface area contributed by atoms with E-state index in [0.717, 1.165) is 128 Å². The van der Waals surface area contributed by atoms with Crippen LogP contribution in [0.4, 0.5) is 0 Å². The van der Waals surface area contributed by atoms with Crippen molar-refractivity contribution in [3.05, 3.63) is 109 Å². The van der Waals surface area contributed by atoms with Crippen LogP contribution >= 0.6 is 0 Å². The molecule has 0 saturated carbocycles. The minimum atomic E-state index is -0.792. The van der Waals surface area contributed by atoms with Gasteiger partial charge in [-0.2, -0.15) is 0 Å². The van der Waals surface area contributed by atoms with Gasteiger partial charge in [0.25, 0.3) is 0 Å². The molecule has 0 spiro atoms. The van der Waals surface area contributed by atoms with E-state index >= 15 is 0 Å². The molecular formula is C73H124O6. The summed E-state index contributed by atoms with van der Waals surface area (Å²) in [6, 6.07) is 0. The smallest absolute Gasteiger partial charge is 0.306 e. The highest BCUT2D eigenvalue weighted by molar-refractivity contribution is 5.71. The molecule has 6 heteroatoms. The number of carbonyl (C=O) groups is 3. The van der Waals surface area contributed by atoms with Crippen molar-refractivity contribution in [3.63, 3.8) is 0 Å². The normalized spacial score (nSPS) is 12.8. The third kappa shape index (κ3) is 64.8. The molecule has 452 valence electrons. The highest BCUT2D eigenvalue weighted by Gasteiger charge is 2.19.